The predicted octanol–water partition coefficient (Wildman–Crippen LogP) is 5.13. The maximum Gasteiger partial charge on any atom is 0.303 e. The number of carbonyl (C=O) groups is 1. The van der Waals surface area contributed by atoms with Crippen LogP contribution in [0.4, 0.5) is 0 Å². The smallest absolute Gasteiger partial charge is 0.303 e. The first-order valence-corrected chi connectivity index (χ1v) is 14.0. The minimum atomic E-state index is -1.03. The highest BCUT2D eigenvalue weighted by Gasteiger charge is 2.44. The molecule has 38 heavy (non-hydrogen) atoms. The quantitative estimate of drug-likeness (QED) is 0.257. The first-order chi connectivity index (χ1) is 18.4. The second kappa shape index (κ2) is 14.4. The van der Waals surface area contributed by atoms with Crippen LogP contribution in [-0.4, -0.2) is 66.9 Å². The number of ether oxygens (including phenoxy) is 5. The lowest BCUT2D eigenvalue weighted by Gasteiger charge is -2.30. The molecule has 2 heterocycles. The molecule has 8 nitrogen and oxygen atoms in total. The van der Waals surface area contributed by atoms with Crippen molar-refractivity contribution in [3.8, 4) is 5.75 Å². The zero-order valence-electron chi connectivity index (χ0n) is 21.7. The molecule has 1 aromatic rings. The number of unbranched alkanes of at least 4 members (excludes halogenated alkanes) is 1. The summed E-state index contributed by atoms with van der Waals surface area (Å²) in [7, 11) is 0. The summed E-state index contributed by atoms with van der Waals surface area (Å²) in [5.41, 5.74) is 0. The number of aliphatic hydroxyl groups excluding tert-OH is 1. The van der Waals surface area contributed by atoms with E-state index in [4.69, 9.17) is 40.4 Å². The molecular weight excluding hydrogens is 512 g/mol. The Morgan fingerprint density at radius 1 is 1.13 bits per heavy atom. The molecule has 0 radical (unpaired) electrons. The third-order valence-electron chi connectivity index (χ3n) is 7.29. The van der Waals surface area contributed by atoms with Gasteiger partial charge in [-0.15, -0.1) is 0 Å². The van der Waals surface area contributed by atoms with Gasteiger partial charge in [0.1, 0.15) is 12.4 Å². The Morgan fingerprint density at radius 3 is 2.63 bits per heavy atom. The zero-order valence-corrected chi connectivity index (χ0v) is 22.5. The molecule has 2 N–H and O–H groups in total. The number of allylic oxidation sites excluding steroid dienone is 2. The predicted molar refractivity (Wildman–Crippen MR) is 142 cm³/mol. The van der Waals surface area contributed by atoms with Crippen molar-refractivity contribution in [3.05, 3.63) is 53.6 Å². The zero-order chi connectivity index (χ0) is 26.8. The topological polar surface area (TPSA) is 104 Å². The van der Waals surface area contributed by atoms with Crippen LogP contribution in [0.1, 0.15) is 51.4 Å². The Hall–Kier alpha value is -1.94. The highest BCUT2D eigenvalue weighted by Crippen LogP contribution is 2.40. The van der Waals surface area contributed by atoms with E-state index < -0.39 is 17.9 Å². The van der Waals surface area contributed by atoms with Crippen LogP contribution < -0.4 is 4.74 Å². The first-order valence-electron chi connectivity index (χ1n) is 13.6. The molecule has 0 amide bonds. The van der Waals surface area contributed by atoms with E-state index in [9.17, 15) is 9.90 Å². The van der Waals surface area contributed by atoms with Crippen LogP contribution in [-0.2, 0) is 23.7 Å². The molecule has 1 unspecified atom stereocenters. The molecule has 2 saturated heterocycles. The van der Waals surface area contributed by atoms with Gasteiger partial charge >= 0.3 is 5.97 Å². The van der Waals surface area contributed by atoms with Gasteiger partial charge in [-0.2, -0.15) is 0 Å². The lowest BCUT2D eigenvalue weighted by Crippen LogP contribution is -2.36. The van der Waals surface area contributed by atoms with Crippen LogP contribution >= 0.6 is 11.6 Å². The lowest BCUT2D eigenvalue weighted by atomic mass is 9.89. The number of carboxylic acid groups (broad SMARTS) is 1. The molecule has 1 aliphatic carbocycles. The Kier molecular flexibility index (Phi) is 11.0. The minimum Gasteiger partial charge on any atom is -0.488 e. The molecule has 5 atom stereocenters. The summed E-state index contributed by atoms with van der Waals surface area (Å²) in [5.74, 6) is -1.30. The summed E-state index contributed by atoms with van der Waals surface area (Å²) in [4.78, 5) is 10.8. The van der Waals surface area contributed by atoms with Crippen molar-refractivity contribution >= 4 is 17.6 Å². The Balaban J connectivity index is 1.45. The van der Waals surface area contributed by atoms with Gasteiger partial charge in [-0.25, -0.2) is 0 Å². The molecule has 3 aliphatic rings. The van der Waals surface area contributed by atoms with Crippen molar-refractivity contribution in [3.63, 3.8) is 0 Å². The Morgan fingerprint density at radius 2 is 1.92 bits per heavy atom. The van der Waals surface area contributed by atoms with Gasteiger partial charge in [0, 0.05) is 30.4 Å². The van der Waals surface area contributed by atoms with Crippen LogP contribution in [0, 0.1) is 11.8 Å². The highest BCUT2D eigenvalue weighted by atomic mass is 35.5. The number of benzene rings is 1. The largest absolute Gasteiger partial charge is 0.488 e. The highest BCUT2D eigenvalue weighted by molar-refractivity contribution is 6.30. The van der Waals surface area contributed by atoms with Crippen molar-refractivity contribution in [1.29, 1.82) is 0 Å². The van der Waals surface area contributed by atoms with Crippen LogP contribution in [0.3, 0.4) is 0 Å². The third kappa shape index (κ3) is 8.53. The van der Waals surface area contributed by atoms with Gasteiger partial charge in [0.2, 0.25) is 5.79 Å². The summed E-state index contributed by atoms with van der Waals surface area (Å²) >= 11 is 5.99. The molecule has 9 heteroatoms. The summed E-state index contributed by atoms with van der Waals surface area (Å²) in [6.07, 6.45) is 12.6. The standard InChI is InChI=1S/C29H39ClO8/c30-21-10-12-22(13-11-21)35-20-29(36-17-18-37-29)15-14-24-23(7-3-1-2-4-8-27(32)33)25(31)19-26(24)38-28-9-5-6-16-34-28/h1,3,10-15,23-26,28,31H,2,4-9,16-20H2,(H,32,33)/b3-1-,15-14+/t23-,24-,25+,26-,28?/m1/s1. The lowest BCUT2D eigenvalue weighted by molar-refractivity contribution is -0.193. The summed E-state index contributed by atoms with van der Waals surface area (Å²) < 4.78 is 30.1. The van der Waals surface area contributed by atoms with Crippen molar-refractivity contribution < 1.29 is 38.7 Å². The third-order valence-corrected chi connectivity index (χ3v) is 7.55. The van der Waals surface area contributed by atoms with Gasteiger partial charge in [0.25, 0.3) is 0 Å². The molecular formula is C29H39ClO8. The van der Waals surface area contributed by atoms with E-state index in [1.807, 2.05) is 24.3 Å². The summed E-state index contributed by atoms with van der Waals surface area (Å²) in [6.45, 7) is 1.78. The van der Waals surface area contributed by atoms with Crippen molar-refractivity contribution in [2.24, 2.45) is 11.8 Å². The first kappa shape index (κ1) is 29.1. The fraction of sp³-hybridized carbons (Fsp3) is 0.621. The molecule has 1 aromatic carbocycles. The molecule has 0 aromatic heterocycles. The van der Waals surface area contributed by atoms with E-state index in [1.54, 1.807) is 24.3 Å². The number of rotatable bonds is 13. The van der Waals surface area contributed by atoms with Crippen LogP contribution in [0.2, 0.25) is 5.02 Å². The van der Waals surface area contributed by atoms with Crippen molar-refractivity contribution in [1.82, 2.24) is 0 Å². The molecule has 2 aliphatic heterocycles. The van der Waals surface area contributed by atoms with E-state index in [0.29, 0.717) is 56.3 Å². The van der Waals surface area contributed by atoms with Crippen LogP contribution in [0.5, 0.6) is 5.75 Å². The van der Waals surface area contributed by atoms with Crippen LogP contribution in [0.15, 0.2) is 48.6 Å². The van der Waals surface area contributed by atoms with E-state index in [-0.39, 0.29) is 37.3 Å². The molecule has 210 valence electrons. The van der Waals surface area contributed by atoms with E-state index in [0.717, 1.165) is 19.3 Å². The summed E-state index contributed by atoms with van der Waals surface area (Å²) in [6, 6.07) is 7.14. The van der Waals surface area contributed by atoms with Gasteiger partial charge in [-0.05, 0) is 74.8 Å². The number of hydrogen-bond donors (Lipinski definition) is 2. The monoisotopic (exact) mass is 550 g/mol. The fourth-order valence-electron chi connectivity index (χ4n) is 5.26. The van der Waals surface area contributed by atoms with Gasteiger partial charge in [-0.3, -0.25) is 4.79 Å². The Bertz CT molecular complexity index is 921. The van der Waals surface area contributed by atoms with Crippen molar-refractivity contribution in [2.45, 2.75) is 75.7 Å². The SMILES string of the molecule is O=C(O)CCC/C=C\C[C@@H]1[C@@H](/C=C/C2(COc3ccc(Cl)cc3)OCCO2)[C@H](OC2CCCCO2)C[C@@H]1O. The van der Waals surface area contributed by atoms with Gasteiger partial charge in [0.15, 0.2) is 6.29 Å². The van der Waals surface area contributed by atoms with Crippen molar-refractivity contribution in [2.75, 3.05) is 26.4 Å². The van der Waals surface area contributed by atoms with E-state index >= 15 is 0 Å². The average molecular weight is 551 g/mol. The normalized spacial score (nSPS) is 29.4. The molecule has 1 saturated carbocycles. The van der Waals surface area contributed by atoms with Gasteiger partial charge in [0.05, 0.1) is 25.4 Å². The molecule has 3 fully saturated rings. The number of aliphatic hydroxyl groups is 1. The van der Waals surface area contributed by atoms with E-state index in [1.165, 1.54) is 0 Å². The van der Waals surface area contributed by atoms with Gasteiger partial charge in [-0.1, -0.05) is 29.8 Å². The number of hydrogen-bond acceptors (Lipinski definition) is 7. The molecule has 0 spiro atoms. The number of aliphatic carboxylic acids is 1. The average Bonchev–Trinajstić information content (AvgIpc) is 3.49. The Labute approximate surface area is 229 Å². The van der Waals surface area contributed by atoms with Crippen LogP contribution in [0.25, 0.3) is 0 Å². The van der Waals surface area contributed by atoms with E-state index in [2.05, 4.69) is 0 Å². The molecule has 4 rings (SSSR count). The minimum absolute atomic E-state index is 0.0637. The summed E-state index contributed by atoms with van der Waals surface area (Å²) in [5, 5.41) is 20.5. The second-order valence-corrected chi connectivity index (χ2v) is 10.6. The van der Waals surface area contributed by atoms with Gasteiger partial charge < -0.3 is 33.9 Å². The maximum absolute atomic E-state index is 11.0. The number of halogens is 1. The number of carboxylic acids is 1. The maximum atomic E-state index is 11.0. The fourth-order valence-corrected chi connectivity index (χ4v) is 5.38. The second-order valence-electron chi connectivity index (χ2n) is 10.1. The molecule has 0 bridgehead atoms.